The predicted octanol–water partition coefficient (Wildman–Crippen LogP) is 2.21. The van der Waals surface area contributed by atoms with Crippen LogP contribution in [0.4, 0.5) is 4.39 Å². The molecule has 1 amide bonds. The molecule has 1 aromatic rings. The highest BCUT2D eigenvalue weighted by Gasteiger charge is 2.16. The summed E-state index contributed by atoms with van der Waals surface area (Å²) < 4.78 is 13.4. The minimum Gasteiger partial charge on any atom is -0.340 e. The van der Waals surface area contributed by atoms with E-state index in [1.165, 1.54) is 17.0 Å². The number of hydrogen-bond donors (Lipinski definition) is 1. The van der Waals surface area contributed by atoms with Crippen molar-refractivity contribution in [2.75, 3.05) is 7.05 Å². The first kappa shape index (κ1) is 16.2. The lowest BCUT2D eigenvalue weighted by Crippen LogP contribution is -2.39. The van der Waals surface area contributed by atoms with E-state index < -0.39 is 11.9 Å². The van der Waals surface area contributed by atoms with Gasteiger partial charge in [-0.05, 0) is 19.1 Å². The Kier molecular flexibility index (Phi) is 6.45. The number of carbonyl (C=O) groups excluding carboxylic acids is 1. The van der Waals surface area contributed by atoms with Gasteiger partial charge in [0.05, 0.1) is 6.04 Å². The molecule has 1 atom stereocenters. The third-order valence-electron chi connectivity index (χ3n) is 2.22. The lowest BCUT2D eigenvalue weighted by Gasteiger charge is -2.20. The second-order valence-electron chi connectivity index (χ2n) is 3.68. The van der Waals surface area contributed by atoms with Crippen molar-refractivity contribution < 1.29 is 9.18 Å². The molecule has 3 nitrogen and oxygen atoms in total. The van der Waals surface area contributed by atoms with E-state index in [1.54, 1.807) is 20.0 Å². The van der Waals surface area contributed by atoms with Crippen molar-refractivity contribution in [3.8, 4) is 0 Å². The van der Waals surface area contributed by atoms with Gasteiger partial charge in [-0.1, -0.05) is 17.7 Å². The molecule has 0 aromatic heterocycles. The Morgan fingerprint density at radius 2 is 2.18 bits per heavy atom. The Balaban J connectivity index is 0.00000256. The van der Waals surface area contributed by atoms with E-state index in [-0.39, 0.29) is 24.9 Å². The van der Waals surface area contributed by atoms with E-state index >= 15 is 0 Å². The Labute approximate surface area is 111 Å². The van der Waals surface area contributed by atoms with Crippen molar-refractivity contribution in [3.63, 3.8) is 0 Å². The number of nitrogens with zero attached hydrogens (tertiary/aromatic N) is 1. The third kappa shape index (κ3) is 4.15. The summed E-state index contributed by atoms with van der Waals surface area (Å²) in [4.78, 5) is 12.9. The zero-order valence-electron chi connectivity index (χ0n) is 9.61. The molecule has 2 N–H and O–H groups in total. The molecular weight excluding hydrogens is 266 g/mol. The Morgan fingerprint density at radius 3 is 2.65 bits per heavy atom. The van der Waals surface area contributed by atoms with E-state index in [0.29, 0.717) is 10.6 Å². The van der Waals surface area contributed by atoms with Crippen LogP contribution in [0.1, 0.15) is 12.5 Å². The smallest absolute Gasteiger partial charge is 0.239 e. The number of likely N-dealkylation sites (N-methyl/N-ethyl adjacent to an activating group) is 1. The van der Waals surface area contributed by atoms with Crippen molar-refractivity contribution in [1.29, 1.82) is 0 Å². The fourth-order valence-electron chi connectivity index (χ4n) is 1.35. The topological polar surface area (TPSA) is 46.3 Å². The van der Waals surface area contributed by atoms with Crippen LogP contribution in [0.3, 0.4) is 0 Å². The van der Waals surface area contributed by atoms with Gasteiger partial charge in [0.2, 0.25) is 5.91 Å². The zero-order chi connectivity index (χ0) is 12.3. The second kappa shape index (κ2) is 6.79. The fourth-order valence-corrected chi connectivity index (χ4v) is 1.57. The molecule has 0 bridgehead atoms. The van der Waals surface area contributed by atoms with Crippen molar-refractivity contribution in [1.82, 2.24) is 4.90 Å². The van der Waals surface area contributed by atoms with E-state index in [9.17, 15) is 9.18 Å². The van der Waals surface area contributed by atoms with Gasteiger partial charge < -0.3 is 10.6 Å². The summed E-state index contributed by atoms with van der Waals surface area (Å²) in [7, 11) is 1.56. The van der Waals surface area contributed by atoms with Crippen LogP contribution in [-0.2, 0) is 11.3 Å². The van der Waals surface area contributed by atoms with Gasteiger partial charge in [0, 0.05) is 24.2 Å². The molecule has 0 heterocycles. The lowest BCUT2D eigenvalue weighted by atomic mass is 10.2. The first-order valence-electron chi connectivity index (χ1n) is 4.87. The summed E-state index contributed by atoms with van der Waals surface area (Å²) in [5, 5.41) is 0.310. The van der Waals surface area contributed by atoms with Crippen molar-refractivity contribution >= 4 is 29.9 Å². The third-order valence-corrected chi connectivity index (χ3v) is 2.58. The maximum atomic E-state index is 13.4. The molecule has 17 heavy (non-hydrogen) atoms. The van der Waals surface area contributed by atoms with Crippen LogP contribution < -0.4 is 5.73 Å². The number of halogens is 3. The molecule has 0 saturated heterocycles. The molecule has 1 unspecified atom stereocenters. The van der Waals surface area contributed by atoms with Crippen molar-refractivity contribution in [3.05, 3.63) is 34.6 Å². The minimum atomic E-state index is -0.601. The molecule has 1 aromatic carbocycles. The number of carbonyl (C=O) groups is 1. The van der Waals surface area contributed by atoms with Crippen LogP contribution in [0, 0.1) is 5.82 Å². The largest absolute Gasteiger partial charge is 0.340 e. The van der Waals surface area contributed by atoms with Crippen LogP contribution in [0.15, 0.2) is 18.2 Å². The lowest BCUT2D eigenvalue weighted by molar-refractivity contribution is -0.131. The summed E-state index contributed by atoms with van der Waals surface area (Å²) in [5.41, 5.74) is 5.75. The Bertz CT molecular complexity index is 379. The molecule has 6 heteroatoms. The first-order chi connectivity index (χ1) is 7.43. The summed E-state index contributed by atoms with van der Waals surface area (Å²) in [6.07, 6.45) is 0. The quantitative estimate of drug-likeness (QED) is 0.923. The van der Waals surface area contributed by atoms with Gasteiger partial charge in [0.1, 0.15) is 5.82 Å². The molecule has 0 saturated carbocycles. The highest BCUT2D eigenvalue weighted by atomic mass is 35.5. The maximum absolute atomic E-state index is 13.4. The zero-order valence-corrected chi connectivity index (χ0v) is 11.2. The minimum absolute atomic E-state index is 0. The van der Waals surface area contributed by atoms with Crippen LogP contribution in [0.25, 0.3) is 0 Å². The van der Waals surface area contributed by atoms with E-state index in [0.717, 1.165) is 0 Å². The molecule has 0 aliphatic carbocycles. The molecule has 0 fully saturated rings. The summed E-state index contributed by atoms with van der Waals surface area (Å²) >= 11 is 5.85. The maximum Gasteiger partial charge on any atom is 0.239 e. The normalized spacial score (nSPS) is 11.6. The summed E-state index contributed by atoms with van der Waals surface area (Å²) in [6.45, 7) is 1.70. The second-order valence-corrected chi connectivity index (χ2v) is 4.09. The molecule has 96 valence electrons. The number of amides is 1. The average Bonchev–Trinajstić information content (AvgIpc) is 2.22. The monoisotopic (exact) mass is 280 g/mol. The van der Waals surface area contributed by atoms with Gasteiger partial charge in [-0.15, -0.1) is 12.4 Å². The number of benzene rings is 1. The van der Waals surface area contributed by atoms with Gasteiger partial charge >= 0.3 is 0 Å². The van der Waals surface area contributed by atoms with E-state index in [4.69, 9.17) is 17.3 Å². The average molecular weight is 281 g/mol. The number of hydrogen-bond acceptors (Lipinski definition) is 2. The first-order valence-corrected chi connectivity index (χ1v) is 5.24. The summed E-state index contributed by atoms with van der Waals surface area (Å²) in [5.74, 6) is -0.670. The molecular formula is C11H15Cl2FN2O. The van der Waals surface area contributed by atoms with Crippen LogP contribution in [0.2, 0.25) is 5.02 Å². The van der Waals surface area contributed by atoms with Gasteiger partial charge in [-0.25, -0.2) is 4.39 Å². The standard InChI is InChI=1S/C11H14ClFN2O.ClH/c1-7(14)11(16)15(2)6-8-9(12)4-3-5-10(8)13;/h3-5,7H,6,14H2,1-2H3;1H. The highest BCUT2D eigenvalue weighted by molar-refractivity contribution is 6.31. The predicted molar refractivity (Wildman–Crippen MR) is 68.8 cm³/mol. The highest BCUT2D eigenvalue weighted by Crippen LogP contribution is 2.20. The number of rotatable bonds is 3. The van der Waals surface area contributed by atoms with Gasteiger partial charge in [0.25, 0.3) is 0 Å². The molecule has 0 radical (unpaired) electrons. The Morgan fingerprint density at radius 1 is 1.59 bits per heavy atom. The van der Waals surface area contributed by atoms with Gasteiger partial charge in [-0.3, -0.25) is 4.79 Å². The Hall–Kier alpha value is -0.840. The fraction of sp³-hybridized carbons (Fsp3) is 0.364. The number of nitrogens with two attached hydrogens (primary N) is 1. The molecule has 0 spiro atoms. The van der Waals surface area contributed by atoms with E-state index in [1.807, 2.05) is 0 Å². The van der Waals surface area contributed by atoms with Crippen molar-refractivity contribution in [2.45, 2.75) is 19.5 Å². The van der Waals surface area contributed by atoms with Crippen LogP contribution in [0.5, 0.6) is 0 Å². The van der Waals surface area contributed by atoms with Gasteiger partial charge in [0.15, 0.2) is 0 Å². The van der Waals surface area contributed by atoms with E-state index in [2.05, 4.69) is 0 Å². The van der Waals surface area contributed by atoms with Crippen molar-refractivity contribution in [2.24, 2.45) is 5.73 Å². The summed E-state index contributed by atoms with van der Waals surface area (Å²) in [6, 6.07) is 3.82. The molecule has 0 aliphatic heterocycles. The van der Waals surface area contributed by atoms with Gasteiger partial charge in [-0.2, -0.15) is 0 Å². The SMILES string of the molecule is CC(N)C(=O)N(C)Cc1c(F)cccc1Cl.Cl. The van der Waals surface area contributed by atoms with Crippen LogP contribution in [-0.4, -0.2) is 23.9 Å². The molecule has 1 rings (SSSR count). The van der Waals surface area contributed by atoms with Crippen LogP contribution >= 0.6 is 24.0 Å². The molecule has 0 aliphatic rings.